The summed E-state index contributed by atoms with van der Waals surface area (Å²) in [6.45, 7) is 4.18. The van der Waals surface area contributed by atoms with Crippen molar-refractivity contribution in [2.45, 2.75) is 69.3 Å². The van der Waals surface area contributed by atoms with Crippen molar-refractivity contribution in [3.63, 3.8) is 0 Å². The summed E-state index contributed by atoms with van der Waals surface area (Å²) in [4.78, 5) is 77.6. The van der Waals surface area contributed by atoms with Crippen LogP contribution in [0.1, 0.15) is 94.2 Å². The number of thiazole rings is 1. The maximum Gasteiger partial charge on any atom is 0.433 e. The van der Waals surface area contributed by atoms with Gasteiger partial charge in [-0.1, -0.05) is 12.1 Å². The number of aromatic nitrogens is 2. The van der Waals surface area contributed by atoms with Gasteiger partial charge in [-0.05, 0) is 75.4 Å². The van der Waals surface area contributed by atoms with E-state index in [1.807, 2.05) is 4.90 Å². The summed E-state index contributed by atoms with van der Waals surface area (Å²) in [6.07, 6.45) is -1.87. The number of anilines is 2. The number of fused-ring (bicyclic) bond motifs is 2. The maximum absolute atomic E-state index is 13.6. The van der Waals surface area contributed by atoms with Crippen LogP contribution in [-0.4, -0.2) is 112 Å². The number of aliphatic hydroxyl groups excluding tert-OH is 1. The van der Waals surface area contributed by atoms with Crippen LogP contribution in [0.5, 0.6) is 5.75 Å². The number of piperazine rings is 1. The lowest BCUT2D eigenvalue weighted by Gasteiger charge is -2.37. The molecule has 3 fully saturated rings. The fourth-order valence-corrected chi connectivity index (χ4v) is 9.87. The standard InChI is InChI=1S/C42H45F3N8O7S/c1-60-31-21-29-32(22-28(31)48-36(55)27-7-3-8-33(47-27)42(43,44)45)61-38(49-29)23-9-11-24(12-10-23)39(57)52-19-17-51(18-20-52)16-4-15-46-26-6-2-5-25-35(26)41(59)53(40(25)58)30-13-14-34(54)50-37(30)56/h2-3,5-8,21-24,30,41,46,59H,4,9-20H2,1H3,(H,48,55)(H,50,54,56). The third-order valence-corrected chi connectivity index (χ3v) is 13.1. The molecule has 5 amide bonds. The topological polar surface area (TPSA) is 186 Å². The minimum absolute atomic E-state index is 0.0616. The number of alkyl halides is 3. The van der Waals surface area contributed by atoms with Gasteiger partial charge >= 0.3 is 6.18 Å². The van der Waals surface area contributed by atoms with Crippen LogP contribution in [-0.2, 0) is 20.6 Å². The number of methoxy groups -OCH3 is 1. The normalized spacial score (nSPS) is 22.3. The van der Waals surface area contributed by atoms with Gasteiger partial charge in [0.2, 0.25) is 17.7 Å². The van der Waals surface area contributed by atoms with Gasteiger partial charge in [0.1, 0.15) is 23.2 Å². The largest absolute Gasteiger partial charge is 0.494 e. The number of rotatable bonds is 11. The van der Waals surface area contributed by atoms with Gasteiger partial charge in [-0.15, -0.1) is 11.3 Å². The Morgan fingerprint density at radius 2 is 1.72 bits per heavy atom. The van der Waals surface area contributed by atoms with Crippen LogP contribution in [0, 0.1) is 5.92 Å². The number of imide groups is 1. The molecule has 0 radical (unpaired) electrons. The summed E-state index contributed by atoms with van der Waals surface area (Å²) in [5.41, 5.74) is 0.803. The highest BCUT2D eigenvalue weighted by molar-refractivity contribution is 7.18. The Morgan fingerprint density at radius 3 is 2.44 bits per heavy atom. The molecule has 0 bridgehead atoms. The number of aliphatic hydroxyl groups is 1. The molecular weight excluding hydrogens is 818 g/mol. The number of pyridine rings is 1. The van der Waals surface area contributed by atoms with Crippen LogP contribution < -0.4 is 20.7 Å². The monoisotopic (exact) mass is 862 g/mol. The van der Waals surface area contributed by atoms with E-state index in [2.05, 4.69) is 25.8 Å². The molecule has 2 aromatic carbocycles. The Kier molecular flexibility index (Phi) is 12.0. The number of nitrogens with one attached hydrogen (secondary N) is 3. The van der Waals surface area contributed by atoms with Crippen molar-refractivity contribution >= 4 is 62.5 Å². The van der Waals surface area contributed by atoms with Crippen LogP contribution in [0.25, 0.3) is 10.2 Å². The zero-order valence-electron chi connectivity index (χ0n) is 33.3. The smallest absolute Gasteiger partial charge is 0.433 e. The van der Waals surface area contributed by atoms with E-state index in [0.717, 1.165) is 78.5 Å². The van der Waals surface area contributed by atoms with Gasteiger partial charge in [-0.3, -0.25) is 39.1 Å². The second-order valence-electron chi connectivity index (χ2n) is 15.7. The molecule has 322 valence electrons. The molecule has 5 heterocycles. The first-order valence-corrected chi connectivity index (χ1v) is 21.2. The van der Waals surface area contributed by atoms with E-state index in [4.69, 9.17) is 9.72 Å². The molecule has 0 spiro atoms. The molecule has 3 aliphatic heterocycles. The van der Waals surface area contributed by atoms with Gasteiger partial charge in [-0.25, -0.2) is 9.97 Å². The predicted molar refractivity (Wildman–Crippen MR) is 218 cm³/mol. The van der Waals surface area contributed by atoms with Crippen molar-refractivity contribution < 1.29 is 47.0 Å². The van der Waals surface area contributed by atoms with E-state index >= 15 is 0 Å². The predicted octanol–water partition coefficient (Wildman–Crippen LogP) is 5.14. The van der Waals surface area contributed by atoms with Crippen LogP contribution in [0.3, 0.4) is 0 Å². The minimum Gasteiger partial charge on any atom is -0.494 e. The molecule has 15 nitrogen and oxygen atoms in total. The molecule has 4 aromatic rings. The van der Waals surface area contributed by atoms with Gasteiger partial charge < -0.3 is 25.4 Å². The van der Waals surface area contributed by atoms with Gasteiger partial charge in [0, 0.05) is 73.9 Å². The van der Waals surface area contributed by atoms with Crippen LogP contribution in [0.15, 0.2) is 48.5 Å². The Labute approximate surface area is 352 Å². The second-order valence-corrected chi connectivity index (χ2v) is 16.8. The highest BCUT2D eigenvalue weighted by Crippen LogP contribution is 2.42. The number of hydrogen-bond acceptors (Lipinski definition) is 12. The third kappa shape index (κ3) is 8.76. The molecule has 2 unspecified atom stereocenters. The zero-order chi connectivity index (χ0) is 43.0. The van der Waals surface area contributed by atoms with Crippen molar-refractivity contribution in [2.24, 2.45) is 5.92 Å². The number of ether oxygens (including phenoxy) is 1. The Bertz CT molecular complexity index is 2360. The average molecular weight is 863 g/mol. The Hall–Kier alpha value is -5.66. The number of carbonyl (C=O) groups is 5. The van der Waals surface area contributed by atoms with Crippen molar-refractivity contribution in [1.82, 2.24) is 30.0 Å². The summed E-state index contributed by atoms with van der Waals surface area (Å²) in [6, 6.07) is 10.8. The second kappa shape index (κ2) is 17.4. The van der Waals surface area contributed by atoms with Crippen LogP contribution in [0.2, 0.25) is 0 Å². The Balaban J connectivity index is 0.789. The van der Waals surface area contributed by atoms with Crippen molar-refractivity contribution in [2.75, 3.05) is 57.0 Å². The number of piperidine rings is 1. The summed E-state index contributed by atoms with van der Waals surface area (Å²) in [7, 11) is 1.43. The van der Waals surface area contributed by atoms with Crippen molar-refractivity contribution in [3.05, 3.63) is 76.1 Å². The van der Waals surface area contributed by atoms with Gasteiger partial charge in [0.25, 0.3) is 11.8 Å². The first-order chi connectivity index (χ1) is 29.3. The molecule has 1 aliphatic carbocycles. The molecule has 2 saturated heterocycles. The lowest BCUT2D eigenvalue weighted by atomic mass is 9.81. The number of benzene rings is 2. The van der Waals surface area contributed by atoms with E-state index in [1.54, 1.807) is 30.3 Å². The van der Waals surface area contributed by atoms with Gasteiger partial charge in [-0.2, -0.15) is 13.2 Å². The fraction of sp³-hybridized carbons (Fsp3) is 0.452. The Morgan fingerprint density at radius 1 is 0.967 bits per heavy atom. The number of halogens is 3. The molecule has 8 rings (SSSR count). The maximum atomic E-state index is 13.6. The summed E-state index contributed by atoms with van der Waals surface area (Å²) < 4.78 is 45.8. The molecule has 1 saturated carbocycles. The van der Waals surface area contributed by atoms with E-state index in [1.165, 1.54) is 24.5 Å². The van der Waals surface area contributed by atoms with Gasteiger partial charge in [0.15, 0.2) is 6.23 Å². The fourth-order valence-electron chi connectivity index (χ4n) is 8.71. The molecule has 2 aromatic heterocycles. The van der Waals surface area contributed by atoms with Crippen molar-refractivity contribution in [1.29, 1.82) is 0 Å². The summed E-state index contributed by atoms with van der Waals surface area (Å²) in [5.74, 6) is -1.64. The lowest BCUT2D eigenvalue weighted by molar-refractivity contribution is -0.141. The van der Waals surface area contributed by atoms with Gasteiger partial charge in [0.05, 0.1) is 28.0 Å². The van der Waals surface area contributed by atoms with E-state index in [9.17, 15) is 42.3 Å². The SMILES string of the molecule is COc1cc2nc(C3CCC(C(=O)N4CCN(CCCNc5cccc6c5C(O)N(C5CCC(=O)NC5=O)C6=O)CC4)CC3)sc2cc1NC(=O)c1cccc(C(F)(F)F)n1. The summed E-state index contributed by atoms with van der Waals surface area (Å²) >= 11 is 1.48. The molecule has 19 heteroatoms. The summed E-state index contributed by atoms with van der Waals surface area (Å²) in [5, 5.41) is 20.3. The van der Waals surface area contributed by atoms with E-state index in [0.29, 0.717) is 47.7 Å². The molecule has 2 atom stereocenters. The van der Waals surface area contributed by atoms with Crippen LogP contribution in [0.4, 0.5) is 24.5 Å². The molecular formula is C42H45F3N8O7S. The molecule has 4 aliphatic rings. The number of hydrogen-bond donors (Lipinski definition) is 4. The highest BCUT2D eigenvalue weighted by atomic mass is 32.1. The lowest BCUT2D eigenvalue weighted by Crippen LogP contribution is -2.53. The first kappa shape index (κ1) is 42.0. The molecule has 4 N–H and O–H groups in total. The quantitative estimate of drug-likeness (QED) is 0.116. The zero-order valence-corrected chi connectivity index (χ0v) is 34.1. The number of carbonyl (C=O) groups excluding carboxylic acids is 5. The number of amides is 5. The van der Waals surface area contributed by atoms with E-state index < -0.39 is 47.8 Å². The highest BCUT2D eigenvalue weighted by Gasteiger charge is 2.45. The third-order valence-electron chi connectivity index (χ3n) is 12.0. The first-order valence-electron chi connectivity index (χ1n) is 20.4. The minimum atomic E-state index is -4.69. The molecule has 61 heavy (non-hydrogen) atoms. The van der Waals surface area contributed by atoms with Crippen LogP contribution >= 0.6 is 11.3 Å². The van der Waals surface area contributed by atoms with E-state index in [-0.39, 0.29) is 42.0 Å². The average Bonchev–Trinajstić information content (AvgIpc) is 3.79. The number of nitrogens with zero attached hydrogens (tertiary/aromatic N) is 5. The van der Waals surface area contributed by atoms with Crippen molar-refractivity contribution in [3.8, 4) is 5.75 Å².